The van der Waals surface area contributed by atoms with Crippen molar-refractivity contribution in [2.75, 3.05) is 14.2 Å². The van der Waals surface area contributed by atoms with Gasteiger partial charge in [0.05, 0.1) is 20.0 Å². The molecule has 0 spiro atoms. The lowest BCUT2D eigenvalue weighted by Crippen LogP contribution is -2.25. The number of sulfonamides is 1. The Morgan fingerprint density at radius 3 is 2.30 bits per heavy atom. The second-order valence-corrected chi connectivity index (χ2v) is 7.05. The zero-order valence-electron chi connectivity index (χ0n) is 13.5. The van der Waals surface area contributed by atoms with E-state index in [2.05, 4.69) is 4.72 Å². The van der Waals surface area contributed by atoms with Crippen molar-refractivity contribution < 1.29 is 17.9 Å². The molecule has 124 valence electrons. The molecule has 0 atom stereocenters. The van der Waals surface area contributed by atoms with Crippen molar-refractivity contribution in [1.29, 1.82) is 0 Å². The van der Waals surface area contributed by atoms with Crippen molar-refractivity contribution in [3.63, 3.8) is 0 Å². The van der Waals surface area contributed by atoms with Gasteiger partial charge >= 0.3 is 0 Å². The molecule has 0 aliphatic heterocycles. The largest absolute Gasteiger partial charge is 0.497 e. The van der Waals surface area contributed by atoms with Gasteiger partial charge in [-0.2, -0.15) is 0 Å². The van der Waals surface area contributed by atoms with Gasteiger partial charge in [0.25, 0.3) is 0 Å². The van der Waals surface area contributed by atoms with Gasteiger partial charge in [0, 0.05) is 12.1 Å². The molecule has 0 heterocycles. The molecular formula is C17H21NO4S. The van der Waals surface area contributed by atoms with E-state index < -0.39 is 10.0 Å². The minimum absolute atomic E-state index is 0.0560. The van der Waals surface area contributed by atoms with Crippen molar-refractivity contribution in [2.45, 2.75) is 19.2 Å². The minimum atomic E-state index is -3.44. The molecule has 0 unspecified atom stereocenters. The van der Waals surface area contributed by atoms with Crippen LogP contribution in [0.25, 0.3) is 0 Å². The number of nitrogens with one attached hydrogen (secondary N) is 1. The quantitative estimate of drug-likeness (QED) is 0.845. The Kier molecular flexibility index (Phi) is 5.63. The SMILES string of the molecule is COc1ccc(OC)c(CNS(=O)(=O)Cc2ccc(C)cc2)c1. The van der Waals surface area contributed by atoms with E-state index in [-0.39, 0.29) is 12.3 Å². The molecule has 0 fully saturated rings. The van der Waals surface area contributed by atoms with Gasteiger partial charge in [0.15, 0.2) is 0 Å². The number of hydrogen-bond donors (Lipinski definition) is 1. The van der Waals surface area contributed by atoms with Crippen molar-refractivity contribution in [2.24, 2.45) is 0 Å². The van der Waals surface area contributed by atoms with E-state index in [1.807, 2.05) is 31.2 Å². The first kappa shape index (κ1) is 17.3. The Balaban J connectivity index is 2.08. The molecule has 0 radical (unpaired) electrons. The smallest absolute Gasteiger partial charge is 0.216 e. The maximum absolute atomic E-state index is 12.2. The normalized spacial score (nSPS) is 11.3. The lowest BCUT2D eigenvalue weighted by atomic mass is 10.2. The molecule has 0 bridgehead atoms. The fourth-order valence-electron chi connectivity index (χ4n) is 2.16. The van der Waals surface area contributed by atoms with Gasteiger partial charge in [-0.05, 0) is 30.7 Å². The van der Waals surface area contributed by atoms with Crippen LogP contribution in [0.1, 0.15) is 16.7 Å². The molecule has 2 aromatic rings. The Bertz CT molecular complexity index is 755. The fourth-order valence-corrected chi connectivity index (χ4v) is 3.27. The molecule has 6 heteroatoms. The van der Waals surface area contributed by atoms with Crippen LogP contribution in [0, 0.1) is 6.92 Å². The summed E-state index contributed by atoms with van der Waals surface area (Å²) in [6.07, 6.45) is 0. The lowest BCUT2D eigenvalue weighted by molar-refractivity contribution is 0.398. The summed E-state index contributed by atoms with van der Waals surface area (Å²) in [4.78, 5) is 0. The minimum Gasteiger partial charge on any atom is -0.497 e. The van der Waals surface area contributed by atoms with E-state index in [1.54, 1.807) is 32.4 Å². The van der Waals surface area contributed by atoms with E-state index in [0.717, 1.165) is 16.7 Å². The number of hydrogen-bond acceptors (Lipinski definition) is 4. The van der Waals surface area contributed by atoms with Gasteiger partial charge in [-0.15, -0.1) is 0 Å². The van der Waals surface area contributed by atoms with E-state index in [1.165, 1.54) is 0 Å². The zero-order valence-corrected chi connectivity index (χ0v) is 14.3. The molecule has 0 amide bonds. The van der Waals surface area contributed by atoms with Crippen LogP contribution in [0.15, 0.2) is 42.5 Å². The third-order valence-corrected chi connectivity index (χ3v) is 4.74. The number of aryl methyl sites for hydroxylation is 1. The maximum Gasteiger partial charge on any atom is 0.216 e. The molecule has 2 aromatic carbocycles. The first-order valence-corrected chi connectivity index (χ1v) is 8.82. The summed E-state index contributed by atoms with van der Waals surface area (Å²) < 4.78 is 37.5. The van der Waals surface area contributed by atoms with Crippen LogP contribution in [-0.2, 0) is 22.3 Å². The standard InChI is InChI=1S/C17H21NO4S/c1-13-4-6-14(7-5-13)12-23(19,20)18-11-15-10-16(21-2)8-9-17(15)22-3/h4-10,18H,11-12H2,1-3H3. The number of methoxy groups -OCH3 is 2. The summed E-state index contributed by atoms with van der Waals surface area (Å²) in [6.45, 7) is 2.11. The Hall–Kier alpha value is -2.05. The first-order valence-electron chi connectivity index (χ1n) is 7.17. The molecule has 0 saturated carbocycles. The fraction of sp³-hybridized carbons (Fsp3) is 0.294. The van der Waals surface area contributed by atoms with Gasteiger partial charge in [-0.1, -0.05) is 29.8 Å². The number of rotatable bonds is 7. The summed E-state index contributed by atoms with van der Waals surface area (Å²) in [5.41, 5.74) is 2.57. The summed E-state index contributed by atoms with van der Waals surface area (Å²) in [6, 6.07) is 12.7. The van der Waals surface area contributed by atoms with Gasteiger partial charge in [0.2, 0.25) is 10.0 Å². The van der Waals surface area contributed by atoms with Crippen LogP contribution in [0.5, 0.6) is 11.5 Å². The monoisotopic (exact) mass is 335 g/mol. The molecule has 5 nitrogen and oxygen atoms in total. The summed E-state index contributed by atoms with van der Waals surface area (Å²) >= 11 is 0. The molecule has 0 aliphatic rings. The molecule has 1 N–H and O–H groups in total. The topological polar surface area (TPSA) is 64.6 Å². The highest BCUT2D eigenvalue weighted by atomic mass is 32.2. The van der Waals surface area contributed by atoms with Crippen LogP contribution in [0.2, 0.25) is 0 Å². The second kappa shape index (κ2) is 7.48. The number of benzene rings is 2. The van der Waals surface area contributed by atoms with E-state index in [9.17, 15) is 8.42 Å². The van der Waals surface area contributed by atoms with Crippen LogP contribution in [0.4, 0.5) is 0 Å². The highest BCUT2D eigenvalue weighted by Crippen LogP contribution is 2.24. The van der Waals surface area contributed by atoms with Gasteiger partial charge in [-0.3, -0.25) is 0 Å². The van der Waals surface area contributed by atoms with Crippen LogP contribution >= 0.6 is 0 Å². The predicted octanol–water partition coefficient (Wildman–Crippen LogP) is 2.63. The molecule has 0 saturated heterocycles. The number of ether oxygens (including phenoxy) is 2. The lowest BCUT2D eigenvalue weighted by Gasteiger charge is -2.12. The van der Waals surface area contributed by atoms with Gasteiger partial charge in [0.1, 0.15) is 11.5 Å². The van der Waals surface area contributed by atoms with Crippen molar-refractivity contribution >= 4 is 10.0 Å². The Labute approximate surface area is 137 Å². The summed E-state index contributed by atoms with van der Waals surface area (Å²) in [5.74, 6) is 1.21. The molecule has 2 rings (SSSR count). The average Bonchev–Trinajstić information content (AvgIpc) is 2.54. The molecular weight excluding hydrogens is 314 g/mol. The highest BCUT2D eigenvalue weighted by Gasteiger charge is 2.13. The third-order valence-electron chi connectivity index (χ3n) is 3.45. The van der Waals surface area contributed by atoms with Crippen molar-refractivity contribution in [3.05, 3.63) is 59.2 Å². The van der Waals surface area contributed by atoms with Crippen LogP contribution in [-0.4, -0.2) is 22.6 Å². The predicted molar refractivity (Wildman–Crippen MR) is 90.2 cm³/mol. The maximum atomic E-state index is 12.2. The Morgan fingerprint density at radius 1 is 1.00 bits per heavy atom. The Morgan fingerprint density at radius 2 is 1.70 bits per heavy atom. The van der Waals surface area contributed by atoms with E-state index in [4.69, 9.17) is 9.47 Å². The van der Waals surface area contributed by atoms with Crippen LogP contribution in [0.3, 0.4) is 0 Å². The van der Waals surface area contributed by atoms with Crippen LogP contribution < -0.4 is 14.2 Å². The zero-order chi connectivity index (χ0) is 16.9. The van der Waals surface area contributed by atoms with E-state index in [0.29, 0.717) is 11.5 Å². The highest BCUT2D eigenvalue weighted by molar-refractivity contribution is 7.88. The van der Waals surface area contributed by atoms with Gasteiger partial charge in [-0.25, -0.2) is 13.1 Å². The van der Waals surface area contributed by atoms with Gasteiger partial charge < -0.3 is 9.47 Å². The van der Waals surface area contributed by atoms with E-state index >= 15 is 0 Å². The summed E-state index contributed by atoms with van der Waals surface area (Å²) in [5, 5.41) is 0. The molecule has 23 heavy (non-hydrogen) atoms. The average molecular weight is 335 g/mol. The summed E-state index contributed by atoms with van der Waals surface area (Å²) in [7, 11) is -0.326. The molecule has 0 aliphatic carbocycles. The van der Waals surface area contributed by atoms with Crippen molar-refractivity contribution in [1.82, 2.24) is 4.72 Å². The van der Waals surface area contributed by atoms with Crippen molar-refractivity contribution in [3.8, 4) is 11.5 Å². The third kappa shape index (κ3) is 4.97. The second-order valence-electron chi connectivity index (χ2n) is 5.24. The first-order chi connectivity index (χ1) is 10.9. The molecule has 0 aromatic heterocycles.